The summed E-state index contributed by atoms with van der Waals surface area (Å²) in [4.78, 5) is 18.0. The van der Waals surface area contributed by atoms with Crippen molar-refractivity contribution in [3.05, 3.63) is 78.4 Å². The van der Waals surface area contributed by atoms with E-state index in [1.54, 1.807) is 6.07 Å². The molecule has 2 fully saturated rings. The number of likely N-dealkylation sites (tertiary alicyclic amines) is 1. The number of nitrogens with zero attached hydrogens (tertiary/aromatic N) is 2. The van der Waals surface area contributed by atoms with Crippen LogP contribution in [0.5, 0.6) is 5.75 Å². The molecule has 1 saturated heterocycles. The summed E-state index contributed by atoms with van der Waals surface area (Å²) >= 11 is 0. The summed E-state index contributed by atoms with van der Waals surface area (Å²) in [5.74, 6) is 0.601. The number of carbonyl (C=O) groups is 1. The van der Waals surface area contributed by atoms with Crippen molar-refractivity contribution >= 4 is 5.91 Å². The number of phenolic OH excluding ortho intramolecular Hbond substituents is 1. The fourth-order valence-electron chi connectivity index (χ4n) is 6.18. The Hall–Kier alpha value is -2.63. The first-order valence-electron chi connectivity index (χ1n) is 12.5. The molecule has 1 aliphatic carbocycles. The molecule has 2 aromatic carbocycles. The molecule has 2 aromatic rings. The first-order chi connectivity index (χ1) is 16.3. The zero-order chi connectivity index (χ0) is 24.3. The summed E-state index contributed by atoms with van der Waals surface area (Å²) in [7, 11) is 0. The van der Waals surface area contributed by atoms with Gasteiger partial charge in [-0.05, 0) is 68.0 Å². The number of amides is 1. The molecule has 5 heteroatoms. The number of β-amino-alcohol motifs (C(OH)–C–C–N with tert-alkyl or cyclic N) is 1. The number of fused-ring (bicyclic) bond motifs is 1. The molecule has 0 spiro atoms. The Kier molecular flexibility index (Phi) is 7.15. The first kappa shape index (κ1) is 24.5. The molecule has 0 radical (unpaired) electrons. The lowest BCUT2D eigenvalue weighted by molar-refractivity contribution is -0.131. The van der Waals surface area contributed by atoms with E-state index in [1.165, 1.54) is 0 Å². The van der Waals surface area contributed by atoms with Gasteiger partial charge in [0.25, 0.3) is 5.91 Å². The molecule has 5 nitrogen and oxygen atoms in total. The average Bonchev–Trinajstić information content (AvgIpc) is 2.82. The van der Waals surface area contributed by atoms with Gasteiger partial charge in [-0.3, -0.25) is 9.69 Å². The van der Waals surface area contributed by atoms with Crippen LogP contribution in [0.4, 0.5) is 0 Å². The maximum atomic E-state index is 13.7. The number of aromatic hydroxyl groups is 1. The lowest BCUT2D eigenvalue weighted by Gasteiger charge is -2.59. The van der Waals surface area contributed by atoms with E-state index in [4.69, 9.17) is 0 Å². The Labute approximate surface area is 203 Å². The summed E-state index contributed by atoms with van der Waals surface area (Å²) in [6.45, 7) is 11.0. The van der Waals surface area contributed by atoms with Gasteiger partial charge < -0.3 is 15.1 Å². The van der Waals surface area contributed by atoms with Crippen molar-refractivity contribution in [2.24, 2.45) is 5.92 Å². The number of benzene rings is 2. The van der Waals surface area contributed by atoms with Gasteiger partial charge in [-0.2, -0.15) is 0 Å². The molecule has 2 N–H and O–H groups in total. The van der Waals surface area contributed by atoms with Crippen molar-refractivity contribution in [1.82, 2.24) is 9.80 Å². The second kappa shape index (κ2) is 9.93. The Bertz CT molecular complexity index is 1010. The molecule has 4 rings (SSSR count). The minimum Gasteiger partial charge on any atom is -0.508 e. The number of phenols is 1. The molecule has 1 heterocycles. The number of aliphatic hydroxyl groups is 1. The quantitative estimate of drug-likeness (QED) is 0.590. The fourth-order valence-corrected chi connectivity index (χ4v) is 6.18. The largest absolute Gasteiger partial charge is 0.508 e. The molecule has 0 aromatic heterocycles. The molecule has 0 unspecified atom stereocenters. The standard InChI is InChI=1S/C29H38N2O3/c1-4-16-30-17-15-28(24-11-8-12-26(32)18-24)19-25(13-14-29(28,34)21-30)31(20-22(2)3)27(33)23-9-6-5-7-10-23/h4-12,18,22,25,32,34H,1,13-17,19-21H2,2-3H3/t25-,28-,29-/m0/s1. The van der Waals surface area contributed by atoms with Crippen molar-refractivity contribution in [3.8, 4) is 5.75 Å². The van der Waals surface area contributed by atoms with Crippen LogP contribution in [0.15, 0.2) is 67.3 Å². The normalized spacial score (nSPS) is 27.2. The zero-order valence-corrected chi connectivity index (χ0v) is 20.5. The molecular weight excluding hydrogens is 424 g/mol. The van der Waals surface area contributed by atoms with E-state index < -0.39 is 11.0 Å². The van der Waals surface area contributed by atoms with Gasteiger partial charge in [-0.25, -0.2) is 0 Å². The topological polar surface area (TPSA) is 64.0 Å². The third-order valence-electron chi connectivity index (χ3n) is 7.78. The van der Waals surface area contributed by atoms with Crippen LogP contribution in [-0.2, 0) is 5.41 Å². The highest BCUT2D eigenvalue weighted by Gasteiger charge is 2.58. The third kappa shape index (κ3) is 4.64. The van der Waals surface area contributed by atoms with Crippen LogP contribution in [0, 0.1) is 5.92 Å². The van der Waals surface area contributed by atoms with Crippen molar-refractivity contribution in [2.75, 3.05) is 26.2 Å². The van der Waals surface area contributed by atoms with E-state index in [9.17, 15) is 15.0 Å². The van der Waals surface area contributed by atoms with E-state index in [0.29, 0.717) is 37.4 Å². The summed E-state index contributed by atoms with van der Waals surface area (Å²) in [6, 6.07) is 16.9. The maximum absolute atomic E-state index is 13.7. The van der Waals surface area contributed by atoms with Crippen LogP contribution in [0.3, 0.4) is 0 Å². The predicted molar refractivity (Wildman–Crippen MR) is 136 cm³/mol. The average molecular weight is 463 g/mol. The van der Waals surface area contributed by atoms with Crippen molar-refractivity contribution in [1.29, 1.82) is 0 Å². The number of hydrogen-bond acceptors (Lipinski definition) is 4. The highest BCUT2D eigenvalue weighted by molar-refractivity contribution is 5.94. The molecule has 2 aliphatic rings. The van der Waals surface area contributed by atoms with Gasteiger partial charge in [0, 0.05) is 36.7 Å². The van der Waals surface area contributed by atoms with E-state index >= 15 is 0 Å². The van der Waals surface area contributed by atoms with Crippen LogP contribution in [0.1, 0.15) is 55.5 Å². The van der Waals surface area contributed by atoms with Crippen molar-refractivity contribution in [3.63, 3.8) is 0 Å². The second-order valence-electron chi connectivity index (χ2n) is 10.6. The van der Waals surface area contributed by atoms with Crippen molar-refractivity contribution in [2.45, 2.75) is 56.6 Å². The molecule has 0 bridgehead atoms. The smallest absolute Gasteiger partial charge is 0.254 e. The van der Waals surface area contributed by atoms with Crippen LogP contribution in [-0.4, -0.2) is 63.7 Å². The molecule has 3 atom stereocenters. The lowest BCUT2D eigenvalue weighted by atomic mass is 9.55. The monoisotopic (exact) mass is 462 g/mol. The number of carbonyl (C=O) groups excluding carboxylic acids is 1. The van der Waals surface area contributed by atoms with Crippen LogP contribution < -0.4 is 0 Å². The second-order valence-corrected chi connectivity index (χ2v) is 10.6. The van der Waals surface area contributed by atoms with Gasteiger partial charge in [-0.1, -0.05) is 50.3 Å². The number of piperidine rings is 1. The molecule has 1 saturated carbocycles. The van der Waals surface area contributed by atoms with Crippen LogP contribution >= 0.6 is 0 Å². The summed E-state index contributed by atoms with van der Waals surface area (Å²) in [5.41, 5.74) is 0.210. The molecule has 1 amide bonds. The van der Waals surface area contributed by atoms with Gasteiger partial charge in [0.15, 0.2) is 0 Å². The maximum Gasteiger partial charge on any atom is 0.254 e. The number of rotatable bonds is 7. The Morgan fingerprint density at radius 3 is 2.65 bits per heavy atom. The minimum absolute atomic E-state index is 0.0173. The van der Waals surface area contributed by atoms with Gasteiger partial charge in [0.1, 0.15) is 5.75 Å². The summed E-state index contributed by atoms with van der Waals surface area (Å²) < 4.78 is 0. The molecular formula is C29H38N2O3. The Morgan fingerprint density at radius 1 is 1.21 bits per heavy atom. The minimum atomic E-state index is -0.933. The zero-order valence-electron chi connectivity index (χ0n) is 20.5. The van der Waals surface area contributed by atoms with E-state index in [0.717, 1.165) is 31.5 Å². The highest BCUT2D eigenvalue weighted by atomic mass is 16.3. The Balaban J connectivity index is 1.73. The van der Waals surface area contributed by atoms with Gasteiger partial charge in [-0.15, -0.1) is 6.58 Å². The lowest BCUT2D eigenvalue weighted by Crippen LogP contribution is -2.67. The molecule has 1 aliphatic heterocycles. The first-order valence-corrected chi connectivity index (χ1v) is 12.5. The number of hydrogen-bond donors (Lipinski definition) is 2. The van der Waals surface area contributed by atoms with Gasteiger partial charge in [0.05, 0.1) is 5.60 Å². The van der Waals surface area contributed by atoms with E-state index in [-0.39, 0.29) is 17.7 Å². The predicted octanol–water partition coefficient (Wildman–Crippen LogP) is 4.60. The summed E-state index contributed by atoms with van der Waals surface area (Å²) in [5, 5.41) is 22.5. The fraction of sp³-hybridized carbons (Fsp3) is 0.483. The summed E-state index contributed by atoms with van der Waals surface area (Å²) in [6.07, 6.45) is 4.70. The van der Waals surface area contributed by atoms with Gasteiger partial charge >= 0.3 is 0 Å². The van der Waals surface area contributed by atoms with Crippen LogP contribution in [0.25, 0.3) is 0 Å². The van der Waals surface area contributed by atoms with E-state index in [1.807, 2.05) is 59.5 Å². The third-order valence-corrected chi connectivity index (χ3v) is 7.78. The van der Waals surface area contributed by atoms with Gasteiger partial charge in [0.2, 0.25) is 0 Å². The molecule has 34 heavy (non-hydrogen) atoms. The molecule has 182 valence electrons. The van der Waals surface area contributed by atoms with E-state index in [2.05, 4.69) is 25.3 Å². The Morgan fingerprint density at radius 2 is 1.97 bits per heavy atom. The highest BCUT2D eigenvalue weighted by Crippen LogP contribution is 2.53. The van der Waals surface area contributed by atoms with Crippen LogP contribution in [0.2, 0.25) is 0 Å². The van der Waals surface area contributed by atoms with Crippen molar-refractivity contribution < 1.29 is 15.0 Å². The SMILES string of the molecule is C=CCN1CC[C@@]2(c3cccc(O)c3)C[C@@H](N(CC(C)C)C(=O)c3ccccc3)CC[C@]2(O)C1.